The van der Waals surface area contributed by atoms with Crippen molar-refractivity contribution in [1.82, 2.24) is 4.90 Å². The summed E-state index contributed by atoms with van der Waals surface area (Å²) in [4.78, 5) is 24.8. The summed E-state index contributed by atoms with van der Waals surface area (Å²) in [5.74, 6) is -0.0746. The molecule has 0 radical (unpaired) electrons. The predicted molar refractivity (Wildman–Crippen MR) is 93.8 cm³/mol. The highest BCUT2D eigenvalue weighted by Crippen LogP contribution is 2.23. The highest BCUT2D eigenvalue weighted by atomic mass is 16.5. The minimum atomic E-state index is -1.03. The van der Waals surface area contributed by atoms with Gasteiger partial charge in [0.2, 0.25) is 0 Å². The van der Waals surface area contributed by atoms with E-state index in [1.165, 1.54) is 11.1 Å². The molecule has 1 N–H and O–H groups in total. The van der Waals surface area contributed by atoms with Gasteiger partial charge in [-0.25, -0.2) is 4.79 Å². The summed E-state index contributed by atoms with van der Waals surface area (Å²) in [6, 6.07) is 15.1. The normalized spacial score (nSPS) is 14.0. The fourth-order valence-corrected chi connectivity index (χ4v) is 3.06. The summed E-state index contributed by atoms with van der Waals surface area (Å²) in [6.07, 6.45) is 0.993. The monoisotopic (exact) mass is 339 g/mol. The lowest BCUT2D eigenvalue weighted by Crippen LogP contribution is -2.50. The van der Waals surface area contributed by atoms with E-state index < -0.39 is 5.97 Å². The van der Waals surface area contributed by atoms with Gasteiger partial charge in [-0.3, -0.25) is 4.79 Å². The highest BCUT2D eigenvalue weighted by molar-refractivity contribution is 5.94. The van der Waals surface area contributed by atoms with E-state index in [2.05, 4.69) is 31.2 Å². The van der Waals surface area contributed by atoms with Crippen molar-refractivity contribution in [2.75, 3.05) is 19.7 Å². The van der Waals surface area contributed by atoms with Crippen molar-refractivity contribution < 1.29 is 19.4 Å². The summed E-state index contributed by atoms with van der Waals surface area (Å²) < 4.78 is 5.07. The van der Waals surface area contributed by atoms with Crippen molar-refractivity contribution in [1.29, 1.82) is 0 Å². The third-order valence-corrected chi connectivity index (χ3v) is 4.31. The molecule has 5 nitrogen and oxygen atoms in total. The fourth-order valence-electron chi connectivity index (χ4n) is 3.06. The maximum atomic E-state index is 12.4. The van der Waals surface area contributed by atoms with Gasteiger partial charge in [-0.2, -0.15) is 0 Å². The quantitative estimate of drug-likeness (QED) is 0.879. The van der Waals surface area contributed by atoms with E-state index >= 15 is 0 Å². The molecule has 0 saturated carbocycles. The number of rotatable bonds is 6. The first-order valence-electron chi connectivity index (χ1n) is 8.31. The van der Waals surface area contributed by atoms with E-state index in [-0.39, 0.29) is 12.5 Å². The number of carbonyl (C=O) groups is 2. The van der Waals surface area contributed by atoms with Crippen LogP contribution in [0.5, 0.6) is 5.75 Å². The number of aliphatic carboxylic acids is 1. The number of aryl methyl sites for hydroxylation is 1. The Morgan fingerprint density at radius 2 is 1.88 bits per heavy atom. The van der Waals surface area contributed by atoms with Gasteiger partial charge in [-0.1, -0.05) is 29.8 Å². The summed E-state index contributed by atoms with van der Waals surface area (Å²) in [5, 5.41) is 8.59. The molecule has 2 aromatic carbocycles. The van der Waals surface area contributed by atoms with Crippen LogP contribution in [0.15, 0.2) is 48.5 Å². The summed E-state index contributed by atoms with van der Waals surface area (Å²) in [6.45, 7) is 3.23. The lowest BCUT2D eigenvalue weighted by atomic mass is 9.91. The maximum absolute atomic E-state index is 12.4. The highest BCUT2D eigenvalue weighted by Gasteiger charge is 2.31. The van der Waals surface area contributed by atoms with Crippen LogP contribution in [0.2, 0.25) is 0 Å². The van der Waals surface area contributed by atoms with Crippen LogP contribution < -0.4 is 4.74 Å². The molecule has 1 fully saturated rings. The van der Waals surface area contributed by atoms with Crippen LogP contribution in [0, 0.1) is 12.8 Å². The molecule has 3 rings (SSSR count). The molecule has 0 bridgehead atoms. The minimum Gasteiger partial charge on any atom is -0.482 e. The Labute approximate surface area is 146 Å². The van der Waals surface area contributed by atoms with Crippen molar-refractivity contribution in [3.8, 4) is 5.75 Å². The van der Waals surface area contributed by atoms with Gasteiger partial charge >= 0.3 is 5.97 Å². The fraction of sp³-hybridized carbons (Fsp3) is 0.300. The average Bonchev–Trinajstić information content (AvgIpc) is 2.56. The zero-order valence-electron chi connectivity index (χ0n) is 14.1. The summed E-state index contributed by atoms with van der Waals surface area (Å²) in [5.41, 5.74) is 3.17. The number of benzene rings is 2. The van der Waals surface area contributed by atoms with E-state index in [0.29, 0.717) is 17.2 Å². The summed E-state index contributed by atoms with van der Waals surface area (Å²) >= 11 is 0. The third kappa shape index (κ3) is 4.38. The molecule has 1 aliphatic rings. The van der Waals surface area contributed by atoms with Crippen LogP contribution >= 0.6 is 0 Å². The Morgan fingerprint density at radius 3 is 2.52 bits per heavy atom. The number of ether oxygens (including phenoxy) is 1. The van der Waals surface area contributed by atoms with Crippen molar-refractivity contribution in [3.63, 3.8) is 0 Å². The third-order valence-electron chi connectivity index (χ3n) is 4.31. The number of carboxylic acids is 1. The SMILES string of the molecule is Cc1cccc(CC2CN(C(=O)c3ccc(OCC(=O)O)cc3)C2)c1. The minimum absolute atomic E-state index is 0.00489. The van der Waals surface area contributed by atoms with E-state index in [9.17, 15) is 9.59 Å². The number of likely N-dealkylation sites (tertiary alicyclic amines) is 1. The topological polar surface area (TPSA) is 66.8 Å². The zero-order chi connectivity index (χ0) is 17.8. The molecule has 25 heavy (non-hydrogen) atoms. The average molecular weight is 339 g/mol. The lowest BCUT2D eigenvalue weighted by molar-refractivity contribution is -0.139. The van der Waals surface area contributed by atoms with Gasteiger partial charge in [0.05, 0.1) is 0 Å². The predicted octanol–water partition coefficient (Wildman–Crippen LogP) is 2.77. The van der Waals surface area contributed by atoms with E-state index in [1.807, 2.05) is 4.90 Å². The molecular formula is C20H21NO4. The second-order valence-corrected chi connectivity index (χ2v) is 6.48. The Hall–Kier alpha value is -2.82. The molecule has 0 aliphatic carbocycles. The van der Waals surface area contributed by atoms with Gasteiger partial charge in [0, 0.05) is 18.7 Å². The van der Waals surface area contributed by atoms with Gasteiger partial charge in [-0.05, 0) is 49.1 Å². The largest absolute Gasteiger partial charge is 0.482 e. The van der Waals surface area contributed by atoms with Crippen molar-refractivity contribution in [2.45, 2.75) is 13.3 Å². The molecule has 1 heterocycles. The number of carbonyl (C=O) groups excluding carboxylic acids is 1. The van der Waals surface area contributed by atoms with Crippen molar-refractivity contribution in [2.24, 2.45) is 5.92 Å². The van der Waals surface area contributed by atoms with Crippen LogP contribution in [0.1, 0.15) is 21.5 Å². The first-order chi connectivity index (χ1) is 12.0. The number of carboxylic acid groups (broad SMARTS) is 1. The molecule has 0 spiro atoms. The van der Waals surface area contributed by atoms with Crippen LogP contribution in [0.4, 0.5) is 0 Å². The summed E-state index contributed by atoms with van der Waals surface area (Å²) in [7, 11) is 0. The first-order valence-corrected chi connectivity index (χ1v) is 8.31. The number of nitrogens with zero attached hydrogens (tertiary/aromatic N) is 1. The van der Waals surface area contributed by atoms with Gasteiger partial charge in [0.25, 0.3) is 5.91 Å². The van der Waals surface area contributed by atoms with Crippen molar-refractivity contribution >= 4 is 11.9 Å². The molecule has 1 saturated heterocycles. The number of hydrogen-bond donors (Lipinski definition) is 1. The number of amides is 1. The van der Waals surface area contributed by atoms with E-state index in [1.54, 1.807) is 24.3 Å². The van der Waals surface area contributed by atoms with Crippen LogP contribution in [0.3, 0.4) is 0 Å². The standard InChI is InChI=1S/C20H21NO4/c1-14-3-2-4-15(9-14)10-16-11-21(12-16)20(24)17-5-7-18(8-6-17)25-13-19(22)23/h2-9,16H,10-13H2,1H3,(H,22,23). The molecule has 2 aromatic rings. The molecule has 130 valence electrons. The second-order valence-electron chi connectivity index (χ2n) is 6.48. The lowest BCUT2D eigenvalue weighted by Gasteiger charge is -2.39. The number of hydrogen-bond acceptors (Lipinski definition) is 3. The molecule has 1 amide bonds. The smallest absolute Gasteiger partial charge is 0.341 e. The molecule has 0 aromatic heterocycles. The molecule has 5 heteroatoms. The van der Waals surface area contributed by atoms with Gasteiger partial charge in [-0.15, -0.1) is 0 Å². The van der Waals surface area contributed by atoms with Gasteiger partial charge in [0.15, 0.2) is 6.61 Å². The Bertz CT molecular complexity index is 764. The van der Waals surface area contributed by atoms with Crippen LogP contribution in [0.25, 0.3) is 0 Å². The van der Waals surface area contributed by atoms with E-state index in [0.717, 1.165) is 19.5 Å². The van der Waals surface area contributed by atoms with Crippen LogP contribution in [-0.2, 0) is 11.2 Å². The maximum Gasteiger partial charge on any atom is 0.341 e. The molecule has 1 aliphatic heterocycles. The van der Waals surface area contributed by atoms with Gasteiger partial charge < -0.3 is 14.7 Å². The Balaban J connectivity index is 1.50. The van der Waals surface area contributed by atoms with Crippen molar-refractivity contribution in [3.05, 3.63) is 65.2 Å². The second kappa shape index (κ2) is 7.38. The van der Waals surface area contributed by atoms with E-state index in [4.69, 9.17) is 9.84 Å². The first kappa shape index (κ1) is 17.0. The molecule has 0 atom stereocenters. The Morgan fingerprint density at radius 1 is 1.16 bits per heavy atom. The Kier molecular flexibility index (Phi) is 5.03. The van der Waals surface area contributed by atoms with Gasteiger partial charge in [0.1, 0.15) is 5.75 Å². The van der Waals surface area contributed by atoms with Crippen LogP contribution in [-0.4, -0.2) is 41.6 Å². The molecular weight excluding hydrogens is 318 g/mol. The molecule has 0 unspecified atom stereocenters. The zero-order valence-corrected chi connectivity index (χ0v) is 14.1.